The number of nitrogens with one attached hydrogen (secondary N) is 1. The predicted molar refractivity (Wildman–Crippen MR) is 77.2 cm³/mol. The van der Waals surface area contributed by atoms with Crippen molar-refractivity contribution in [3.8, 4) is 5.75 Å². The van der Waals surface area contributed by atoms with Gasteiger partial charge in [-0.05, 0) is 55.7 Å². The molecule has 0 saturated heterocycles. The van der Waals surface area contributed by atoms with Crippen molar-refractivity contribution in [2.75, 3.05) is 0 Å². The molecule has 1 fully saturated rings. The number of amides is 1. The SMILES string of the molecule is NC(=O)C1CCC(NC2CCc3c(O)cccc32)CC1. The second-order valence-electron chi connectivity index (χ2n) is 6.05. The lowest BCUT2D eigenvalue weighted by atomic mass is 9.85. The van der Waals surface area contributed by atoms with Gasteiger partial charge in [0.05, 0.1) is 0 Å². The molecule has 108 valence electrons. The zero-order chi connectivity index (χ0) is 14.1. The van der Waals surface area contributed by atoms with Crippen LogP contribution in [0.15, 0.2) is 18.2 Å². The van der Waals surface area contributed by atoms with Crippen LogP contribution in [-0.4, -0.2) is 17.1 Å². The number of primary amides is 1. The summed E-state index contributed by atoms with van der Waals surface area (Å²) in [6.45, 7) is 0. The molecule has 1 unspecified atom stereocenters. The molecule has 4 heteroatoms. The molecule has 20 heavy (non-hydrogen) atoms. The van der Waals surface area contributed by atoms with Crippen LogP contribution < -0.4 is 11.1 Å². The number of carbonyl (C=O) groups is 1. The van der Waals surface area contributed by atoms with Gasteiger partial charge in [0.2, 0.25) is 5.91 Å². The Bertz CT molecular complexity index is 507. The first-order chi connectivity index (χ1) is 9.65. The molecule has 0 aromatic heterocycles. The van der Waals surface area contributed by atoms with Crippen LogP contribution in [0.25, 0.3) is 0 Å². The Morgan fingerprint density at radius 1 is 1.20 bits per heavy atom. The third kappa shape index (κ3) is 2.52. The third-order valence-corrected chi connectivity index (χ3v) is 4.81. The number of phenols is 1. The van der Waals surface area contributed by atoms with Crippen LogP contribution >= 0.6 is 0 Å². The van der Waals surface area contributed by atoms with Gasteiger partial charge < -0.3 is 16.2 Å². The second kappa shape index (κ2) is 5.44. The van der Waals surface area contributed by atoms with Crippen molar-refractivity contribution in [3.63, 3.8) is 0 Å². The molecular weight excluding hydrogens is 252 g/mol. The van der Waals surface area contributed by atoms with E-state index in [4.69, 9.17) is 5.73 Å². The van der Waals surface area contributed by atoms with E-state index in [9.17, 15) is 9.90 Å². The van der Waals surface area contributed by atoms with Crippen LogP contribution in [0, 0.1) is 5.92 Å². The maximum atomic E-state index is 11.2. The molecule has 4 N–H and O–H groups in total. The fourth-order valence-corrected chi connectivity index (χ4v) is 3.64. The number of hydrogen-bond acceptors (Lipinski definition) is 3. The smallest absolute Gasteiger partial charge is 0.220 e. The van der Waals surface area contributed by atoms with Gasteiger partial charge in [0.15, 0.2) is 0 Å². The van der Waals surface area contributed by atoms with E-state index in [-0.39, 0.29) is 11.8 Å². The van der Waals surface area contributed by atoms with Crippen molar-refractivity contribution in [2.24, 2.45) is 11.7 Å². The molecule has 1 aromatic carbocycles. The molecule has 1 aromatic rings. The van der Waals surface area contributed by atoms with Gasteiger partial charge >= 0.3 is 0 Å². The van der Waals surface area contributed by atoms with Gasteiger partial charge in [-0.3, -0.25) is 4.79 Å². The lowest BCUT2D eigenvalue weighted by molar-refractivity contribution is -0.122. The van der Waals surface area contributed by atoms with Crippen molar-refractivity contribution in [1.82, 2.24) is 5.32 Å². The number of nitrogens with two attached hydrogens (primary N) is 1. The highest BCUT2D eigenvalue weighted by molar-refractivity contribution is 5.76. The maximum Gasteiger partial charge on any atom is 0.220 e. The first kappa shape index (κ1) is 13.4. The molecular formula is C16H22N2O2. The van der Waals surface area contributed by atoms with Crippen LogP contribution in [0.1, 0.15) is 49.3 Å². The number of aromatic hydroxyl groups is 1. The normalized spacial score (nSPS) is 29.1. The highest BCUT2D eigenvalue weighted by Crippen LogP contribution is 2.37. The van der Waals surface area contributed by atoms with Crippen LogP contribution in [0.5, 0.6) is 5.75 Å². The Morgan fingerprint density at radius 2 is 1.95 bits per heavy atom. The van der Waals surface area contributed by atoms with Gasteiger partial charge in [-0.15, -0.1) is 0 Å². The van der Waals surface area contributed by atoms with Crippen LogP contribution in [0.2, 0.25) is 0 Å². The summed E-state index contributed by atoms with van der Waals surface area (Å²) >= 11 is 0. The van der Waals surface area contributed by atoms with Gasteiger partial charge in [-0.2, -0.15) is 0 Å². The van der Waals surface area contributed by atoms with E-state index in [1.165, 1.54) is 5.56 Å². The molecule has 0 radical (unpaired) electrons. The average Bonchev–Trinajstić information content (AvgIpc) is 2.84. The molecule has 2 aliphatic carbocycles. The summed E-state index contributed by atoms with van der Waals surface area (Å²) in [4.78, 5) is 11.2. The molecule has 1 atom stereocenters. The molecule has 4 nitrogen and oxygen atoms in total. The maximum absolute atomic E-state index is 11.2. The van der Waals surface area contributed by atoms with Gasteiger partial charge in [-0.1, -0.05) is 12.1 Å². The van der Waals surface area contributed by atoms with Crippen molar-refractivity contribution in [2.45, 2.75) is 50.6 Å². The zero-order valence-electron chi connectivity index (χ0n) is 11.6. The molecule has 0 spiro atoms. The standard InChI is InChI=1S/C16H22N2O2/c17-16(20)10-4-6-11(7-5-10)18-14-9-8-13-12(14)2-1-3-15(13)19/h1-3,10-11,14,18-19H,4-9H2,(H2,17,20). The largest absolute Gasteiger partial charge is 0.508 e. The van der Waals surface area contributed by atoms with E-state index in [0.29, 0.717) is 17.8 Å². The van der Waals surface area contributed by atoms with Crippen LogP contribution in [0.4, 0.5) is 0 Å². The Hall–Kier alpha value is -1.55. The minimum absolute atomic E-state index is 0.0629. The Morgan fingerprint density at radius 3 is 2.65 bits per heavy atom. The zero-order valence-corrected chi connectivity index (χ0v) is 11.6. The molecule has 1 amide bonds. The van der Waals surface area contributed by atoms with E-state index in [1.54, 1.807) is 6.07 Å². The first-order valence-electron chi connectivity index (χ1n) is 7.51. The van der Waals surface area contributed by atoms with Crippen LogP contribution in [0.3, 0.4) is 0 Å². The first-order valence-corrected chi connectivity index (χ1v) is 7.51. The Kier molecular flexibility index (Phi) is 3.66. The quantitative estimate of drug-likeness (QED) is 0.789. The topological polar surface area (TPSA) is 75.4 Å². The van der Waals surface area contributed by atoms with E-state index in [2.05, 4.69) is 11.4 Å². The number of benzene rings is 1. The molecule has 2 aliphatic rings. The van der Waals surface area contributed by atoms with Crippen molar-refractivity contribution < 1.29 is 9.90 Å². The van der Waals surface area contributed by atoms with E-state index in [0.717, 1.165) is 44.1 Å². The fraction of sp³-hybridized carbons (Fsp3) is 0.562. The van der Waals surface area contributed by atoms with Gasteiger partial charge in [-0.25, -0.2) is 0 Å². The highest BCUT2D eigenvalue weighted by atomic mass is 16.3. The summed E-state index contributed by atoms with van der Waals surface area (Å²) in [5, 5.41) is 13.6. The van der Waals surface area contributed by atoms with Gasteiger partial charge in [0.25, 0.3) is 0 Å². The number of hydrogen-bond donors (Lipinski definition) is 3. The van der Waals surface area contributed by atoms with Crippen molar-refractivity contribution >= 4 is 5.91 Å². The minimum atomic E-state index is -0.153. The molecule has 3 rings (SSSR count). The lowest BCUT2D eigenvalue weighted by Crippen LogP contribution is -2.38. The highest BCUT2D eigenvalue weighted by Gasteiger charge is 2.29. The summed E-state index contributed by atoms with van der Waals surface area (Å²) in [5.41, 5.74) is 7.70. The summed E-state index contributed by atoms with van der Waals surface area (Å²) in [7, 11) is 0. The van der Waals surface area contributed by atoms with Crippen molar-refractivity contribution in [3.05, 3.63) is 29.3 Å². The minimum Gasteiger partial charge on any atom is -0.508 e. The monoisotopic (exact) mass is 274 g/mol. The molecule has 1 saturated carbocycles. The lowest BCUT2D eigenvalue weighted by Gasteiger charge is -2.30. The Labute approximate surface area is 119 Å². The summed E-state index contributed by atoms with van der Waals surface area (Å²) in [6.07, 6.45) is 5.80. The predicted octanol–water partition coefficient (Wildman–Crippen LogP) is 2.01. The Balaban J connectivity index is 1.61. The second-order valence-corrected chi connectivity index (χ2v) is 6.05. The van der Waals surface area contributed by atoms with E-state index in [1.807, 2.05) is 6.07 Å². The van der Waals surface area contributed by atoms with E-state index < -0.39 is 0 Å². The number of phenolic OH excluding ortho intramolecular Hbond substituents is 1. The molecule has 0 aliphatic heterocycles. The van der Waals surface area contributed by atoms with Gasteiger partial charge in [0, 0.05) is 18.0 Å². The van der Waals surface area contributed by atoms with Crippen LogP contribution in [-0.2, 0) is 11.2 Å². The average molecular weight is 274 g/mol. The molecule has 0 bridgehead atoms. The third-order valence-electron chi connectivity index (χ3n) is 4.81. The molecule has 0 heterocycles. The summed E-state index contributed by atoms with van der Waals surface area (Å²) < 4.78 is 0. The van der Waals surface area contributed by atoms with E-state index >= 15 is 0 Å². The number of carbonyl (C=O) groups excluding carboxylic acids is 1. The summed E-state index contributed by atoms with van der Waals surface area (Å²) in [6, 6.07) is 6.59. The van der Waals surface area contributed by atoms with Gasteiger partial charge in [0.1, 0.15) is 5.75 Å². The summed E-state index contributed by atoms with van der Waals surface area (Å²) in [5.74, 6) is 0.330. The fourth-order valence-electron chi connectivity index (χ4n) is 3.64. The number of fused-ring (bicyclic) bond motifs is 1. The number of rotatable bonds is 3. The van der Waals surface area contributed by atoms with Crippen molar-refractivity contribution in [1.29, 1.82) is 0 Å².